The van der Waals surface area contributed by atoms with Crippen LogP contribution in [0.15, 0.2) is 89.5 Å². The Balaban J connectivity index is 1.85. The molecule has 2 aromatic carbocycles. The molecule has 0 saturated heterocycles. The Kier molecular flexibility index (Phi) is 4.68. The number of benzene rings is 2. The van der Waals surface area contributed by atoms with Crippen LogP contribution in [0.1, 0.15) is 16.1 Å². The number of hydrogen-bond donors (Lipinski definition) is 1. The molecule has 1 amide bonds. The maximum atomic E-state index is 12.5. The zero-order chi connectivity index (χ0) is 19.3. The van der Waals surface area contributed by atoms with E-state index in [1.165, 1.54) is 6.20 Å². The number of amides is 1. The minimum absolute atomic E-state index is 0.107. The number of carbonyl (C=O) groups excluding carboxylic acids is 1. The Labute approximate surface area is 161 Å². The Morgan fingerprint density at radius 2 is 1.54 bits per heavy atom. The first-order valence-electron chi connectivity index (χ1n) is 8.68. The molecule has 0 atom stereocenters. The zero-order valence-electron chi connectivity index (χ0n) is 14.8. The fourth-order valence-corrected chi connectivity index (χ4v) is 2.96. The average molecular weight is 365 g/mol. The standard InChI is InChI=1S/C23H15N3O2/c24-15-18-20(16-9-3-1-4-10-16)21(17-11-5-2-6-12-17)28-23(18)26-22(27)19-13-7-8-14-25-19/h1-14H,(H,26,27). The van der Waals surface area contributed by atoms with Gasteiger partial charge in [-0.3, -0.25) is 15.1 Å². The summed E-state index contributed by atoms with van der Waals surface area (Å²) in [7, 11) is 0. The molecule has 134 valence electrons. The van der Waals surface area contributed by atoms with Crippen LogP contribution >= 0.6 is 0 Å². The molecule has 4 aromatic rings. The van der Waals surface area contributed by atoms with Crippen LogP contribution in [0.5, 0.6) is 0 Å². The van der Waals surface area contributed by atoms with E-state index >= 15 is 0 Å². The molecule has 5 nitrogen and oxygen atoms in total. The number of nitrogens with one attached hydrogen (secondary N) is 1. The molecule has 0 aliphatic rings. The van der Waals surface area contributed by atoms with E-state index in [0.717, 1.165) is 11.1 Å². The number of anilines is 1. The molecule has 0 spiro atoms. The first-order valence-corrected chi connectivity index (χ1v) is 8.68. The molecule has 2 heterocycles. The molecule has 0 saturated carbocycles. The number of pyridine rings is 1. The van der Waals surface area contributed by atoms with Crippen molar-refractivity contribution in [2.24, 2.45) is 0 Å². The third kappa shape index (κ3) is 3.27. The molecule has 1 N–H and O–H groups in total. The van der Waals surface area contributed by atoms with Gasteiger partial charge < -0.3 is 4.42 Å². The van der Waals surface area contributed by atoms with Crippen molar-refractivity contribution in [1.82, 2.24) is 4.98 Å². The molecule has 2 aromatic heterocycles. The lowest BCUT2D eigenvalue weighted by atomic mass is 9.98. The summed E-state index contributed by atoms with van der Waals surface area (Å²) >= 11 is 0. The minimum Gasteiger partial charge on any atom is -0.438 e. The molecular formula is C23H15N3O2. The maximum absolute atomic E-state index is 12.5. The topological polar surface area (TPSA) is 78.9 Å². The Morgan fingerprint density at radius 1 is 0.893 bits per heavy atom. The number of rotatable bonds is 4. The van der Waals surface area contributed by atoms with Crippen molar-refractivity contribution in [2.45, 2.75) is 0 Å². The summed E-state index contributed by atoms with van der Waals surface area (Å²) in [5, 5.41) is 12.5. The van der Waals surface area contributed by atoms with E-state index in [2.05, 4.69) is 16.4 Å². The zero-order valence-corrected chi connectivity index (χ0v) is 14.8. The van der Waals surface area contributed by atoms with Crippen LogP contribution in [-0.4, -0.2) is 10.9 Å². The molecule has 0 aliphatic heterocycles. The van der Waals surface area contributed by atoms with Crippen molar-refractivity contribution in [3.8, 4) is 28.5 Å². The van der Waals surface area contributed by atoms with Crippen LogP contribution in [0, 0.1) is 11.3 Å². The number of furan rings is 1. The van der Waals surface area contributed by atoms with Gasteiger partial charge >= 0.3 is 0 Å². The Hall–Kier alpha value is -4.17. The SMILES string of the molecule is N#Cc1c(NC(=O)c2ccccn2)oc(-c2ccccc2)c1-c1ccccc1. The van der Waals surface area contributed by atoms with Gasteiger partial charge in [0.25, 0.3) is 5.91 Å². The van der Waals surface area contributed by atoms with Gasteiger partial charge in [-0.2, -0.15) is 5.26 Å². The monoisotopic (exact) mass is 365 g/mol. The fraction of sp³-hybridized carbons (Fsp3) is 0. The van der Waals surface area contributed by atoms with E-state index in [1.807, 2.05) is 60.7 Å². The first-order chi connectivity index (χ1) is 13.8. The van der Waals surface area contributed by atoms with Gasteiger partial charge in [0.1, 0.15) is 23.1 Å². The minimum atomic E-state index is -0.440. The molecule has 0 bridgehead atoms. The van der Waals surface area contributed by atoms with Crippen molar-refractivity contribution in [3.63, 3.8) is 0 Å². The number of hydrogen-bond acceptors (Lipinski definition) is 4. The molecular weight excluding hydrogens is 350 g/mol. The smallest absolute Gasteiger partial charge is 0.276 e. The van der Waals surface area contributed by atoms with E-state index < -0.39 is 5.91 Å². The number of nitrogens with zero attached hydrogens (tertiary/aromatic N) is 2. The summed E-state index contributed by atoms with van der Waals surface area (Å²) in [5.41, 5.74) is 2.81. The number of aromatic nitrogens is 1. The Morgan fingerprint density at radius 3 is 2.14 bits per heavy atom. The van der Waals surface area contributed by atoms with Gasteiger partial charge in [-0.05, 0) is 17.7 Å². The Bertz CT molecular complexity index is 1150. The molecule has 4 rings (SSSR count). The van der Waals surface area contributed by atoms with Gasteiger partial charge in [-0.1, -0.05) is 66.7 Å². The molecule has 0 radical (unpaired) electrons. The van der Waals surface area contributed by atoms with Gasteiger partial charge in [0, 0.05) is 17.3 Å². The predicted octanol–water partition coefficient (Wildman–Crippen LogP) is 5.13. The fourth-order valence-electron chi connectivity index (χ4n) is 2.96. The van der Waals surface area contributed by atoms with E-state index in [9.17, 15) is 10.1 Å². The lowest BCUT2D eigenvalue weighted by Gasteiger charge is -2.03. The molecule has 0 aliphatic carbocycles. The van der Waals surface area contributed by atoms with Crippen LogP contribution < -0.4 is 5.32 Å². The highest BCUT2D eigenvalue weighted by Crippen LogP contribution is 2.41. The first kappa shape index (κ1) is 17.3. The third-order valence-corrected chi connectivity index (χ3v) is 4.24. The largest absolute Gasteiger partial charge is 0.438 e. The highest BCUT2D eigenvalue weighted by atomic mass is 16.4. The van der Waals surface area contributed by atoms with Crippen molar-refractivity contribution < 1.29 is 9.21 Å². The molecule has 0 fully saturated rings. The van der Waals surface area contributed by atoms with E-state index in [1.54, 1.807) is 18.2 Å². The third-order valence-electron chi connectivity index (χ3n) is 4.24. The van der Waals surface area contributed by atoms with Crippen molar-refractivity contribution in [1.29, 1.82) is 5.26 Å². The number of carbonyl (C=O) groups is 1. The molecule has 5 heteroatoms. The van der Waals surface area contributed by atoms with Crippen LogP contribution in [0.25, 0.3) is 22.5 Å². The van der Waals surface area contributed by atoms with E-state index in [-0.39, 0.29) is 17.1 Å². The molecule has 28 heavy (non-hydrogen) atoms. The summed E-state index contributed by atoms with van der Waals surface area (Å²) in [6.07, 6.45) is 1.53. The lowest BCUT2D eigenvalue weighted by molar-refractivity contribution is 0.102. The summed E-state index contributed by atoms with van der Waals surface area (Å²) in [5.74, 6) is 0.195. The second kappa shape index (κ2) is 7.60. The summed E-state index contributed by atoms with van der Waals surface area (Å²) in [4.78, 5) is 16.6. The van der Waals surface area contributed by atoms with Gasteiger partial charge in [0.05, 0.1) is 0 Å². The second-order valence-electron chi connectivity index (χ2n) is 6.02. The highest BCUT2D eigenvalue weighted by molar-refractivity contribution is 6.04. The predicted molar refractivity (Wildman–Crippen MR) is 106 cm³/mol. The normalized spacial score (nSPS) is 10.2. The second-order valence-corrected chi connectivity index (χ2v) is 6.02. The summed E-state index contributed by atoms with van der Waals surface area (Å²) < 4.78 is 5.99. The van der Waals surface area contributed by atoms with Crippen LogP contribution in [0.3, 0.4) is 0 Å². The number of nitriles is 1. The maximum Gasteiger partial charge on any atom is 0.276 e. The van der Waals surface area contributed by atoms with Crippen molar-refractivity contribution >= 4 is 11.8 Å². The van der Waals surface area contributed by atoms with Crippen molar-refractivity contribution in [3.05, 3.63) is 96.3 Å². The van der Waals surface area contributed by atoms with E-state index in [4.69, 9.17) is 4.42 Å². The summed E-state index contributed by atoms with van der Waals surface area (Å²) in [6.45, 7) is 0. The van der Waals surface area contributed by atoms with Crippen LogP contribution in [-0.2, 0) is 0 Å². The average Bonchev–Trinajstić information content (AvgIpc) is 3.13. The molecule has 0 unspecified atom stereocenters. The van der Waals surface area contributed by atoms with Gasteiger partial charge in [-0.25, -0.2) is 0 Å². The van der Waals surface area contributed by atoms with Crippen LogP contribution in [0.2, 0.25) is 0 Å². The van der Waals surface area contributed by atoms with Gasteiger partial charge in [0.15, 0.2) is 0 Å². The van der Waals surface area contributed by atoms with Gasteiger partial charge in [0.2, 0.25) is 5.88 Å². The van der Waals surface area contributed by atoms with Gasteiger partial charge in [-0.15, -0.1) is 0 Å². The van der Waals surface area contributed by atoms with Crippen molar-refractivity contribution in [2.75, 3.05) is 5.32 Å². The quantitative estimate of drug-likeness (QED) is 0.543. The highest BCUT2D eigenvalue weighted by Gasteiger charge is 2.24. The lowest BCUT2D eigenvalue weighted by Crippen LogP contribution is -2.13. The summed E-state index contributed by atoms with van der Waals surface area (Å²) in [6, 6.07) is 26.2. The van der Waals surface area contributed by atoms with E-state index in [0.29, 0.717) is 11.3 Å². The van der Waals surface area contributed by atoms with Crippen LogP contribution in [0.4, 0.5) is 5.88 Å².